The maximum absolute atomic E-state index is 12.2. The summed E-state index contributed by atoms with van der Waals surface area (Å²) in [6.07, 6.45) is 3.23. The summed E-state index contributed by atoms with van der Waals surface area (Å²) in [5.74, 6) is -0.170. The predicted octanol–water partition coefficient (Wildman–Crippen LogP) is 1.55. The van der Waals surface area contributed by atoms with E-state index in [4.69, 9.17) is 0 Å². The molecule has 1 fully saturated rings. The summed E-state index contributed by atoms with van der Waals surface area (Å²) in [5, 5.41) is 0. The molecule has 1 saturated heterocycles. The summed E-state index contributed by atoms with van der Waals surface area (Å²) in [4.78, 5) is 16.2. The van der Waals surface area contributed by atoms with E-state index in [1.807, 2.05) is 18.2 Å². The number of sulfone groups is 1. The maximum Gasteiger partial charge on any atom is 0.223 e. The minimum atomic E-state index is -3.10. The molecule has 1 aromatic carbocycles. The molecule has 0 unspecified atom stereocenters. The summed E-state index contributed by atoms with van der Waals surface area (Å²) in [6, 6.07) is 10.3. The zero-order valence-corrected chi connectivity index (χ0v) is 14.1. The summed E-state index contributed by atoms with van der Waals surface area (Å²) in [7, 11) is -1.31. The zero-order chi connectivity index (χ0) is 16.2. The quantitative estimate of drug-likeness (QED) is 0.824. The smallest absolute Gasteiger partial charge is 0.223 e. The Hall–Kier alpha value is -1.56. The molecule has 1 atom stereocenters. The summed E-state index contributed by atoms with van der Waals surface area (Å²) in [6.45, 7) is 1.79. The van der Waals surface area contributed by atoms with Crippen LogP contribution in [0.5, 0.6) is 0 Å². The fourth-order valence-electron chi connectivity index (χ4n) is 2.80. The molecular weight excluding hydrogens is 300 g/mol. The van der Waals surface area contributed by atoms with Crippen LogP contribution in [0.25, 0.3) is 0 Å². The highest BCUT2D eigenvalue weighted by Gasteiger charge is 2.26. The number of benzene rings is 1. The van der Waals surface area contributed by atoms with Crippen molar-refractivity contribution in [2.24, 2.45) is 0 Å². The highest BCUT2D eigenvalue weighted by atomic mass is 32.2. The molecule has 1 heterocycles. The molecule has 0 aromatic heterocycles. The van der Waals surface area contributed by atoms with Gasteiger partial charge < -0.3 is 9.80 Å². The molecule has 0 saturated carbocycles. The number of rotatable bonds is 5. The SMILES string of the molecule is CN(C(=O)CCS(C)(=O)=O)[C@@H]1CCCN(c2ccccc2)C1. The van der Waals surface area contributed by atoms with Gasteiger partial charge in [0.25, 0.3) is 0 Å². The average Bonchev–Trinajstić information content (AvgIpc) is 2.52. The molecule has 2 rings (SSSR count). The zero-order valence-electron chi connectivity index (χ0n) is 13.2. The van der Waals surface area contributed by atoms with Crippen LogP contribution in [-0.2, 0) is 14.6 Å². The summed E-state index contributed by atoms with van der Waals surface area (Å²) in [5.41, 5.74) is 1.17. The third-order valence-electron chi connectivity index (χ3n) is 4.15. The topological polar surface area (TPSA) is 57.7 Å². The average molecular weight is 324 g/mol. The first-order valence-corrected chi connectivity index (χ1v) is 9.66. The van der Waals surface area contributed by atoms with E-state index in [-0.39, 0.29) is 24.1 Å². The van der Waals surface area contributed by atoms with Crippen LogP contribution in [0.1, 0.15) is 19.3 Å². The van der Waals surface area contributed by atoms with E-state index in [0.717, 1.165) is 32.2 Å². The van der Waals surface area contributed by atoms with E-state index in [1.54, 1.807) is 11.9 Å². The number of carbonyl (C=O) groups is 1. The van der Waals surface area contributed by atoms with Crippen molar-refractivity contribution >= 4 is 21.4 Å². The van der Waals surface area contributed by atoms with Crippen molar-refractivity contribution in [3.63, 3.8) is 0 Å². The Morgan fingerprint density at radius 2 is 2.00 bits per heavy atom. The van der Waals surface area contributed by atoms with Crippen LogP contribution in [0.3, 0.4) is 0 Å². The van der Waals surface area contributed by atoms with Gasteiger partial charge in [-0.05, 0) is 25.0 Å². The number of hydrogen-bond donors (Lipinski definition) is 0. The first-order chi connectivity index (χ1) is 10.4. The predicted molar refractivity (Wildman–Crippen MR) is 88.8 cm³/mol. The van der Waals surface area contributed by atoms with Crippen molar-refractivity contribution in [1.29, 1.82) is 0 Å². The molecular formula is C16H24N2O3S. The molecule has 0 aliphatic carbocycles. The lowest BCUT2D eigenvalue weighted by Crippen LogP contribution is -2.48. The molecule has 22 heavy (non-hydrogen) atoms. The van der Waals surface area contributed by atoms with Crippen LogP contribution < -0.4 is 4.90 Å². The van der Waals surface area contributed by atoms with Crippen molar-refractivity contribution < 1.29 is 13.2 Å². The van der Waals surface area contributed by atoms with Gasteiger partial charge in [0.05, 0.1) is 5.75 Å². The molecule has 1 aromatic rings. The van der Waals surface area contributed by atoms with Crippen LogP contribution >= 0.6 is 0 Å². The van der Waals surface area contributed by atoms with Crippen molar-refractivity contribution in [2.75, 3.05) is 37.0 Å². The number of hydrogen-bond acceptors (Lipinski definition) is 4. The molecule has 0 spiro atoms. The highest BCUT2D eigenvalue weighted by Crippen LogP contribution is 2.22. The standard InChI is InChI=1S/C16H24N2O3S/c1-17(16(19)10-12-22(2,20)21)15-9-6-11-18(13-15)14-7-4-3-5-8-14/h3-5,7-8,15H,6,9-13H2,1-2H3/t15-/m1/s1. The molecule has 122 valence electrons. The Kier molecular flexibility index (Phi) is 5.45. The van der Waals surface area contributed by atoms with Crippen LogP contribution in [0.15, 0.2) is 30.3 Å². The van der Waals surface area contributed by atoms with Crippen molar-refractivity contribution in [2.45, 2.75) is 25.3 Å². The van der Waals surface area contributed by atoms with Crippen molar-refractivity contribution in [3.05, 3.63) is 30.3 Å². The third-order valence-corrected chi connectivity index (χ3v) is 5.09. The van der Waals surface area contributed by atoms with E-state index in [2.05, 4.69) is 17.0 Å². The monoisotopic (exact) mass is 324 g/mol. The molecule has 5 nitrogen and oxygen atoms in total. The van der Waals surface area contributed by atoms with Crippen molar-refractivity contribution in [1.82, 2.24) is 4.90 Å². The number of likely N-dealkylation sites (N-methyl/N-ethyl adjacent to an activating group) is 1. The van der Waals surface area contributed by atoms with E-state index < -0.39 is 9.84 Å². The minimum absolute atomic E-state index is 0.0666. The van der Waals surface area contributed by atoms with Gasteiger partial charge >= 0.3 is 0 Å². The van der Waals surface area contributed by atoms with Crippen LogP contribution in [0.4, 0.5) is 5.69 Å². The van der Waals surface area contributed by atoms with Crippen LogP contribution in [-0.4, -0.2) is 57.4 Å². The molecule has 0 bridgehead atoms. The summed E-state index contributed by atoms with van der Waals surface area (Å²) >= 11 is 0. The fraction of sp³-hybridized carbons (Fsp3) is 0.562. The van der Waals surface area contributed by atoms with Gasteiger partial charge in [0, 0.05) is 44.5 Å². The second kappa shape index (κ2) is 7.13. The van der Waals surface area contributed by atoms with Gasteiger partial charge in [0.1, 0.15) is 9.84 Å². The maximum atomic E-state index is 12.2. The van der Waals surface area contributed by atoms with Gasteiger partial charge in [-0.25, -0.2) is 8.42 Å². The molecule has 1 amide bonds. The Bertz CT molecular complexity index is 601. The Balaban J connectivity index is 1.95. The highest BCUT2D eigenvalue weighted by molar-refractivity contribution is 7.90. The number of nitrogens with zero attached hydrogens (tertiary/aromatic N) is 2. The van der Waals surface area contributed by atoms with Gasteiger partial charge in [-0.1, -0.05) is 18.2 Å². The lowest BCUT2D eigenvalue weighted by atomic mass is 10.0. The lowest BCUT2D eigenvalue weighted by Gasteiger charge is -2.39. The first-order valence-electron chi connectivity index (χ1n) is 7.60. The number of anilines is 1. The molecule has 0 radical (unpaired) electrons. The largest absolute Gasteiger partial charge is 0.369 e. The number of amides is 1. The number of carbonyl (C=O) groups excluding carboxylic acids is 1. The number of piperidine rings is 1. The van der Waals surface area contributed by atoms with E-state index in [1.165, 1.54) is 5.69 Å². The van der Waals surface area contributed by atoms with Gasteiger partial charge in [-0.2, -0.15) is 0 Å². The molecule has 6 heteroatoms. The third kappa shape index (κ3) is 4.73. The summed E-state index contributed by atoms with van der Waals surface area (Å²) < 4.78 is 22.4. The molecule has 0 N–H and O–H groups in total. The number of para-hydroxylation sites is 1. The molecule has 1 aliphatic rings. The Labute approximate surface area is 132 Å². The van der Waals surface area contributed by atoms with Gasteiger partial charge in [0.2, 0.25) is 5.91 Å². The van der Waals surface area contributed by atoms with E-state index in [9.17, 15) is 13.2 Å². The normalized spacial score (nSPS) is 19.0. The lowest BCUT2D eigenvalue weighted by molar-refractivity contribution is -0.131. The minimum Gasteiger partial charge on any atom is -0.369 e. The first kappa shape index (κ1) is 16.8. The second-order valence-corrected chi connectivity index (χ2v) is 8.22. The van der Waals surface area contributed by atoms with Crippen LogP contribution in [0.2, 0.25) is 0 Å². The molecule has 1 aliphatic heterocycles. The van der Waals surface area contributed by atoms with Gasteiger partial charge in [0.15, 0.2) is 0 Å². The van der Waals surface area contributed by atoms with E-state index >= 15 is 0 Å². The Morgan fingerprint density at radius 3 is 2.64 bits per heavy atom. The van der Waals surface area contributed by atoms with Gasteiger partial charge in [-0.15, -0.1) is 0 Å². The van der Waals surface area contributed by atoms with Crippen LogP contribution in [0, 0.1) is 0 Å². The van der Waals surface area contributed by atoms with E-state index in [0.29, 0.717) is 0 Å². The Morgan fingerprint density at radius 1 is 1.32 bits per heavy atom. The van der Waals surface area contributed by atoms with Gasteiger partial charge in [-0.3, -0.25) is 4.79 Å². The van der Waals surface area contributed by atoms with Crippen molar-refractivity contribution in [3.8, 4) is 0 Å². The fourth-order valence-corrected chi connectivity index (χ4v) is 3.34. The second-order valence-electron chi connectivity index (χ2n) is 5.96.